The topological polar surface area (TPSA) is 79.4 Å². The van der Waals surface area contributed by atoms with Crippen LogP contribution in [0.1, 0.15) is 18.4 Å². The van der Waals surface area contributed by atoms with Crippen LogP contribution in [-0.4, -0.2) is 36.7 Å². The van der Waals surface area contributed by atoms with Crippen LogP contribution in [0.2, 0.25) is 5.02 Å². The van der Waals surface area contributed by atoms with E-state index in [0.717, 1.165) is 0 Å². The summed E-state index contributed by atoms with van der Waals surface area (Å²) in [6, 6.07) is 10.4. The Labute approximate surface area is 158 Å². The van der Waals surface area contributed by atoms with Gasteiger partial charge in [-0.25, -0.2) is 12.7 Å². The standard InChI is InChI=1S/C18H20ClN3O3S/c19-16-4-1-3-14(11-16)13-26(24,25)22-9-6-15(7-10-22)18(23)21-17-5-2-8-20-12-17/h1-5,8,11-12,15H,6-7,9-10,13H2,(H,21,23). The average molecular weight is 394 g/mol. The Balaban J connectivity index is 1.56. The molecular weight excluding hydrogens is 374 g/mol. The molecule has 1 aliphatic heterocycles. The van der Waals surface area contributed by atoms with Crippen LogP contribution < -0.4 is 5.32 Å². The highest BCUT2D eigenvalue weighted by Gasteiger charge is 2.31. The fourth-order valence-corrected chi connectivity index (χ4v) is 4.77. The third-order valence-corrected chi connectivity index (χ3v) is 6.47. The van der Waals surface area contributed by atoms with Crippen LogP contribution in [0.15, 0.2) is 48.8 Å². The number of rotatable bonds is 5. The van der Waals surface area contributed by atoms with Crippen LogP contribution in [-0.2, 0) is 20.6 Å². The summed E-state index contributed by atoms with van der Waals surface area (Å²) in [6.07, 6.45) is 4.23. The molecule has 1 amide bonds. The van der Waals surface area contributed by atoms with E-state index in [9.17, 15) is 13.2 Å². The van der Waals surface area contributed by atoms with E-state index in [-0.39, 0.29) is 17.6 Å². The number of halogens is 1. The lowest BCUT2D eigenvalue weighted by Crippen LogP contribution is -2.41. The number of sulfonamides is 1. The minimum atomic E-state index is -3.43. The highest BCUT2D eigenvalue weighted by atomic mass is 35.5. The molecule has 8 heteroatoms. The number of hydrogen-bond acceptors (Lipinski definition) is 4. The van der Waals surface area contributed by atoms with Gasteiger partial charge in [-0.3, -0.25) is 9.78 Å². The van der Waals surface area contributed by atoms with Gasteiger partial charge in [0.1, 0.15) is 0 Å². The van der Waals surface area contributed by atoms with Crippen molar-refractivity contribution in [3.05, 3.63) is 59.4 Å². The molecule has 3 rings (SSSR count). The monoisotopic (exact) mass is 393 g/mol. The number of aromatic nitrogens is 1. The Morgan fingerprint density at radius 1 is 1.23 bits per heavy atom. The van der Waals surface area contributed by atoms with Crippen LogP contribution in [0.4, 0.5) is 5.69 Å². The molecule has 2 heterocycles. The number of nitrogens with zero attached hydrogens (tertiary/aromatic N) is 2. The lowest BCUT2D eigenvalue weighted by atomic mass is 9.97. The largest absolute Gasteiger partial charge is 0.324 e. The van der Waals surface area contributed by atoms with Crippen molar-refractivity contribution in [3.63, 3.8) is 0 Å². The minimum absolute atomic E-state index is 0.0832. The summed E-state index contributed by atoms with van der Waals surface area (Å²) in [6.45, 7) is 0.683. The molecule has 0 atom stereocenters. The second-order valence-corrected chi connectivity index (χ2v) is 8.70. The summed E-state index contributed by atoms with van der Waals surface area (Å²) in [5.41, 5.74) is 1.31. The first-order valence-corrected chi connectivity index (χ1v) is 10.4. The number of pyridine rings is 1. The van der Waals surface area contributed by atoms with E-state index >= 15 is 0 Å². The normalized spacial score (nSPS) is 16.3. The van der Waals surface area contributed by atoms with Gasteiger partial charge in [0.25, 0.3) is 0 Å². The van der Waals surface area contributed by atoms with Gasteiger partial charge in [0.15, 0.2) is 0 Å². The molecule has 1 saturated heterocycles. The van der Waals surface area contributed by atoms with Crippen molar-refractivity contribution in [1.29, 1.82) is 0 Å². The quantitative estimate of drug-likeness (QED) is 0.847. The molecule has 1 aromatic heterocycles. The maximum atomic E-state index is 12.6. The molecular formula is C18H20ClN3O3S. The van der Waals surface area contributed by atoms with Gasteiger partial charge < -0.3 is 5.32 Å². The molecule has 1 fully saturated rings. The number of carbonyl (C=O) groups is 1. The van der Waals surface area contributed by atoms with Crippen molar-refractivity contribution in [1.82, 2.24) is 9.29 Å². The first-order valence-electron chi connectivity index (χ1n) is 8.37. The summed E-state index contributed by atoms with van der Waals surface area (Å²) >= 11 is 5.92. The molecule has 1 aromatic carbocycles. The SMILES string of the molecule is O=C(Nc1cccnc1)C1CCN(S(=O)(=O)Cc2cccc(Cl)c2)CC1. The van der Waals surface area contributed by atoms with Gasteiger partial charge in [0, 0.05) is 30.2 Å². The number of hydrogen-bond donors (Lipinski definition) is 1. The molecule has 26 heavy (non-hydrogen) atoms. The van der Waals surface area contributed by atoms with E-state index in [0.29, 0.717) is 42.2 Å². The smallest absolute Gasteiger partial charge is 0.227 e. The Morgan fingerprint density at radius 2 is 2.00 bits per heavy atom. The zero-order valence-electron chi connectivity index (χ0n) is 14.1. The van der Waals surface area contributed by atoms with E-state index in [1.165, 1.54) is 4.31 Å². The fourth-order valence-electron chi connectivity index (χ4n) is 3.01. The van der Waals surface area contributed by atoms with Crippen molar-refractivity contribution in [2.24, 2.45) is 5.92 Å². The molecule has 138 valence electrons. The first-order chi connectivity index (χ1) is 12.4. The van der Waals surface area contributed by atoms with Crippen LogP contribution in [0.5, 0.6) is 0 Å². The lowest BCUT2D eigenvalue weighted by Gasteiger charge is -2.30. The number of amides is 1. The summed E-state index contributed by atoms with van der Waals surface area (Å²) in [5, 5.41) is 3.34. The first kappa shape index (κ1) is 18.8. The van der Waals surface area contributed by atoms with E-state index in [4.69, 9.17) is 11.6 Å². The zero-order chi connectivity index (χ0) is 18.6. The third kappa shape index (κ3) is 4.81. The van der Waals surface area contributed by atoms with Gasteiger partial charge in [0.2, 0.25) is 15.9 Å². The summed E-state index contributed by atoms with van der Waals surface area (Å²) in [4.78, 5) is 16.3. The molecule has 0 saturated carbocycles. The Hall–Kier alpha value is -1.96. The lowest BCUT2D eigenvalue weighted by molar-refractivity contribution is -0.120. The Kier molecular flexibility index (Phi) is 5.90. The predicted octanol–water partition coefficient (Wildman–Crippen LogP) is 2.92. The van der Waals surface area contributed by atoms with E-state index < -0.39 is 10.0 Å². The fraction of sp³-hybridized carbons (Fsp3) is 0.333. The van der Waals surface area contributed by atoms with Crippen LogP contribution in [0.25, 0.3) is 0 Å². The Morgan fingerprint density at radius 3 is 2.65 bits per heavy atom. The van der Waals surface area contributed by atoms with Gasteiger partial charge in [-0.05, 0) is 42.7 Å². The maximum Gasteiger partial charge on any atom is 0.227 e. The second-order valence-electron chi connectivity index (χ2n) is 6.29. The maximum absolute atomic E-state index is 12.6. The van der Waals surface area contributed by atoms with E-state index in [1.54, 1.807) is 48.8 Å². The number of benzene rings is 1. The van der Waals surface area contributed by atoms with Crippen molar-refractivity contribution in [2.45, 2.75) is 18.6 Å². The Bertz CT molecular complexity index is 866. The third-order valence-electron chi connectivity index (χ3n) is 4.39. The molecule has 6 nitrogen and oxygen atoms in total. The highest BCUT2D eigenvalue weighted by molar-refractivity contribution is 7.88. The van der Waals surface area contributed by atoms with Gasteiger partial charge in [-0.1, -0.05) is 23.7 Å². The number of piperidine rings is 1. The molecule has 0 aliphatic carbocycles. The van der Waals surface area contributed by atoms with E-state index in [2.05, 4.69) is 10.3 Å². The molecule has 1 aliphatic rings. The van der Waals surface area contributed by atoms with Gasteiger partial charge in [0.05, 0.1) is 17.6 Å². The van der Waals surface area contributed by atoms with Gasteiger partial charge in [-0.2, -0.15) is 0 Å². The molecule has 0 radical (unpaired) electrons. The summed E-state index contributed by atoms with van der Waals surface area (Å²) in [7, 11) is -3.43. The van der Waals surface area contributed by atoms with Gasteiger partial charge >= 0.3 is 0 Å². The minimum Gasteiger partial charge on any atom is -0.324 e. The summed E-state index contributed by atoms with van der Waals surface area (Å²) < 4.78 is 26.7. The van der Waals surface area contributed by atoms with E-state index in [1.807, 2.05) is 0 Å². The molecule has 2 aromatic rings. The average Bonchev–Trinajstić information content (AvgIpc) is 2.62. The van der Waals surface area contributed by atoms with Crippen molar-refractivity contribution < 1.29 is 13.2 Å². The van der Waals surface area contributed by atoms with Crippen molar-refractivity contribution >= 4 is 33.2 Å². The van der Waals surface area contributed by atoms with Crippen LogP contribution in [0, 0.1) is 5.92 Å². The number of anilines is 1. The summed E-state index contributed by atoms with van der Waals surface area (Å²) in [5.74, 6) is -0.377. The predicted molar refractivity (Wildman–Crippen MR) is 101 cm³/mol. The zero-order valence-corrected chi connectivity index (χ0v) is 15.7. The van der Waals surface area contributed by atoms with Crippen LogP contribution >= 0.6 is 11.6 Å². The van der Waals surface area contributed by atoms with Crippen molar-refractivity contribution in [3.8, 4) is 0 Å². The molecule has 0 unspecified atom stereocenters. The molecule has 1 N–H and O–H groups in total. The molecule has 0 bridgehead atoms. The number of nitrogens with one attached hydrogen (secondary N) is 1. The molecule has 0 spiro atoms. The second kappa shape index (κ2) is 8.16. The number of carbonyl (C=O) groups excluding carboxylic acids is 1. The van der Waals surface area contributed by atoms with Gasteiger partial charge in [-0.15, -0.1) is 0 Å². The van der Waals surface area contributed by atoms with Crippen molar-refractivity contribution in [2.75, 3.05) is 18.4 Å². The van der Waals surface area contributed by atoms with Crippen LogP contribution in [0.3, 0.4) is 0 Å². The highest BCUT2D eigenvalue weighted by Crippen LogP contribution is 2.23.